The molecule has 0 spiro atoms. The van der Waals surface area contributed by atoms with Crippen LogP contribution in [-0.2, 0) is 0 Å². The van der Waals surface area contributed by atoms with Crippen molar-refractivity contribution >= 4 is 0 Å². The summed E-state index contributed by atoms with van der Waals surface area (Å²) in [6.45, 7) is 6.94. The van der Waals surface area contributed by atoms with E-state index in [0.717, 1.165) is 30.1 Å². The van der Waals surface area contributed by atoms with Crippen LogP contribution in [0.5, 0.6) is 0 Å². The molecule has 1 N–H and O–H groups in total. The van der Waals surface area contributed by atoms with Gasteiger partial charge in [0, 0.05) is 0 Å². The Morgan fingerprint density at radius 3 is 2.24 bits per heavy atom. The molecular formula is C16H28O. The molecule has 0 heterocycles. The molecule has 17 heavy (non-hydrogen) atoms. The standard InChI is InChI=1S/C16H28O/c1-4-12-11-7-10-8-13(12)15(6-3)16(17,9-11)14(10)5-2/h10-15,17H,4-9H2,1-3H3. The molecule has 4 bridgehead atoms. The largest absolute Gasteiger partial charge is 0.389 e. The molecule has 4 aliphatic rings. The molecule has 98 valence electrons. The quantitative estimate of drug-likeness (QED) is 0.789. The smallest absolute Gasteiger partial charge is 0.0711 e. The van der Waals surface area contributed by atoms with E-state index in [1.54, 1.807) is 0 Å². The van der Waals surface area contributed by atoms with Gasteiger partial charge >= 0.3 is 0 Å². The van der Waals surface area contributed by atoms with E-state index in [0.29, 0.717) is 11.8 Å². The molecule has 0 aromatic heterocycles. The van der Waals surface area contributed by atoms with Gasteiger partial charge in [-0.1, -0.05) is 40.0 Å². The summed E-state index contributed by atoms with van der Waals surface area (Å²) in [4.78, 5) is 0. The van der Waals surface area contributed by atoms with Gasteiger partial charge < -0.3 is 5.11 Å². The summed E-state index contributed by atoms with van der Waals surface area (Å²) in [6.07, 6.45) is 7.68. The highest BCUT2D eigenvalue weighted by atomic mass is 16.3. The van der Waals surface area contributed by atoms with Crippen LogP contribution in [0.4, 0.5) is 0 Å². The van der Waals surface area contributed by atoms with Gasteiger partial charge in [-0.15, -0.1) is 0 Å². The Hall–Kier alpha value is -0.0400. The molecule has 0 aliphatic heterocycles. The average molecular weight is 236 g/mol. The summed E-state index contributed by atoms with van der Waals surface area (Å²) in [5.41, 5.74) is -0.286. The van der Waals surface area contributed by atoms with Gasteiger partial charge in [-0.2, -0.15) is 0 Å². The van der Waals surface area contributed by atoms with Gasteiger partial charge in [-0.3, -0.25) is 0 Å². The Labute approximate surface area is 106 Å². The highest BCUT2D eigenvalue weighted by Gasteiger charge is 2.62. The Morgan fingerprint density at radius 2 is 1.65 bits per heavy atom. The topological polar surface area (TPSA) is 20.2 Å². The predicted molar refractivity (Wildman–Crippen MR) is 70.6 cm³/mol. The molecule has 0 radical (unpaired) electrons. The fourth-order valence-electron chi connectivity index (χ4n) is 6.32. The van der Waals surface area contributed by atoms with Gasteiger partial charge in [0.15, 0.2) is 0 Å². The lowest BCUT2D eigenvalue weighted by molar-refractivity contribution is -0.235. The van der Waals surface area contributed by atoms with E-state index in [1.807, 2.05) is 0 Å². The summed E-state index contributed by atoms with van der Waals surface area (Å²) in [7, 11) is 0. The second-order valence-corrected chi connectivity index (χ2v) is 6.95. The minimum Gasteiger partial charge on any atom is -0.389 e. The lowest BCUT2D eigenvalue weighted by atomic mass is 9.41. The lowest BCUT2D eigenvalue weighted by Gasteiger charge is -2.66. The highest BCUT2D eigenvalue weighted by molar-refractivity contribution is 5.12. The van der Waals surface area contributed by atoms with Crippen molar-refractivity contribution in [3.63, 3.8) is 0 Å². The number of hydrogen-bond acceptors (Lipinski definition) is 1. The second kappa shape index (κ2) is 3.98. The van der Waals surface area contributed by atoms with E-state index >= 15 is 0 Å². The van der Waals surface area contributed by atoms with Gasteiger partial charge in [-0.05, 0) is 54.8 Å². The minimum atomic E-state index is -0.286. The molecule has 4 fully saturated rings. The molecule has 4 rings (SSSR count). The van der Waals surface area contributed by atoms with Gasteiger partial charge in [-0.25, -0.2) is 0 Å². The van der Waals surface area contributed by atoms with E-state index in [-0.39, 0.29) is 5.60 Å². The van der Waals surface area contributed by atoms with Crippen LogP contribution in [0.1, 0.15) is 59.3 Å². The predicted octanol–water partition coefficient (Wildman–Crippen LogP) is 3.86. The summed E-state index contributed by atoms with van der Waals surface area (Å²) in [5, 5.41) is 11.2. The van der Waals surface area contributed by atoms with Crippen LogP contribution >= 0.6 is 0 Å². The van der Waals surface area contributed by atoms with Crippen LogP contribution < -0.4 is 0 Å². The molecule has 4 saturated carbocycles. The normalized spacial score (nSPS) is 56.5. The van der Waals surface area contributed by atoms with Gasteiger partial charge in [0.2, 0.25) is 0 Å². The zero-order valence-electron chi connectivity index (χ0n) is 11.7. The SMILES string of the molecule is CCC1C2CC3CC1C(CC)C(O)(C2)C3CC. The number of rotatable bonds is 3. The first kappa shape index (κ1) is 12.0. The van der Waals surface area contributed by atoms with Crippen LogP contribution in [0.3, 0.4) is 0 Å². The Balaban J connectivity index is 1.97. The van der Waals surface area contributed by atoms with Crippen LogP contribution in [0.15, 0.2) is 0 Å². The summed E-state index contributed by atoms with van der Waals surface area (Å²) >= 11 is 0. The van der Waals surface area contributed by atoms with E-state index in [1.165, 1.54) is 32.1 Å². The van der Waals surface area contributed by atoms with Crippen molar-refractivity contribution in [2.24, 2.45) is 35.5 Å². The molecular weight excluding hydrogens is 208 g/mol. The number of aliphatic hydroxyl groups is 1. The van der Waals surface area contributed by atoms with E-state index in [9.17, 15) is 5.11 Å². The van der Waals surface area contributed by atoms with Crippen molar-refractivity contribution in [3.05, 3.63) is 0 Å². The molecule has 0 aromatic carbocycles. The molecule has 1 nitrogen and oxygen atoms in total. The molecule has 4 aliphatic carbocycles. The second-order valence-electron chi connectivity index (χ2n) is 6.95. The van der Waals surface area contributed by atoms with E-state index < -0.39 is 0 Å². The lowest BCUT2D eigenvalue weighted by Crippen LogP contribution is -2.65. The first-order valence-electron chi connectivity index (χ1n) is 7.88. The van der Waals surface area contributed by atoms with E-state index in [4.69, 9.17) is 0 Å². The highest BCUT2D eigenvalue weighted by Crippen LogP contribution is 2.65. The Bertz CT molecular complexity index is 300. The molecule has 0 amide bonds. The summed E-state index contributed by atoms with van der Waals surface area (Å²) in [5.74, 6) is 4.67. The molecule has 7 atom stereocenters. The monoisotopic (exact) mass is 236 g/mol. The fourth-order valence-corrected chi connectivity index (χ4v) is 6.32. The maximum atomic E-state index is 11.2. The molecule has 1 heteroatoms. The van der Waals surface area contributed by atoms with Crippen molar-refractivity contribution in [1.29, 1.82) is 0 Å². The van der Waals surface area contributed by atoms with Gasteiger partial charge in [0.05, 0.1) is 5.60 Å². The van der Waals surface area contributed by atoms with Crippen molar-refractivity contribution in [3.8, 4) is 0 Å². The third-order valence-corrected chi connectivity index (χ3v) is 6.65. The minimum absolute atomic E-state index is 0.286. The zero-order valence-corrected chi connectivity index (χ0v) is 11.7. The molecule has 7 unspecified atom stereocenters. The van der Waals surface area contributed by atoms with Crippen molar-refractivity contribution < 1.29 is 5.11 Å². The van der Waals surface area contributed by atoms with E-state index in [2.05, 4.69) is 20.8 Å². The van der Waals surface area contributed by atoms with Crippen LogP contribution in [0.25, 0.3) is 0 Å². The fraction of sp³-hybridized carbons (Fsp3) is 1.00. The van der Waals surface area contributed by atoms with Crippen molar-refractivity contribution in [2.45, 2.75) is 64.9 Å². The first-order chi connectivity index (χ1) is 8.15. The summed E-state index contributed by atoms with van der Waals surface area (Å²) < 4.78 is 0. The van der Waals surface area contributed by atoms with Crippen molar-refractivity contribution in [2.75, 3.05) is 0 Å². The maximum absolute atomic E-state index is 11.2. The summed E-state index contributed by atoms with van der Waals surface area (Å²) in [6, 6.07) is 0. The third-order valence-electron chi connectivity index (χ3n) is 6.65. The Kier molecular flexibility index (Phi) is 2.81. The van der Waals surface area contributed by atoms with Crippen LogP contribution in [0, 0.1) is 35.5 Å². The maximum Gasteiger partial charge on any atom is 0.0711 e. The first-order valence-corrected chi connectivity index (χ1v) is 7.88. The van der Waals surface area contributed by atoms with Crippen LogP contribution in [0.2, 0.25) is 0 Å². The zero-order chi connectivity index (χ0) is 12.2. The average Bonchev–Trinajstić information content (AvgIpc) is 2.28. The van der Waals surface area contributed by atoms with Crippen molar-refractivity contribution in [1.82, 2.24) is 0 Å². The van der Waals surface area contributed by atoms with Gasteiger partial charge in [0.1, 0.15) is 0 Å². The Morgan fingerprint density at radius 1 is 0.941 bits per heavy atom. The molecule has 0 aromatic rings. The molecule has 0 saturated heterocycles. The number of hydrogen-bond donors (Lipinski definition) is 1. The van der Waals surface area contributed by atoms with Crippen LogP contribution in [-0.4, -0.2) is 10.7 Å². The third kappa shape index (κ3) is 1.41. The van der Waals surface area contributed by atoms with Gasteiger partial charge in [0.25, 0.3) is 0 Å².